The topological polar surface area (TPSA) is 87.9 Å². The molecule has 5 heteroatoms. The van der Waals surface area contributed by atoms with Gasteiger partial charge < -0.3 is 10.8 Å². The van der Waals surface area contributed by atoms with Crippen molar-refractivity contribution in [2.45, 2.75) is 57.6 Å². The van der Waals surface area contributed by atoms with Gasteiger partial charge in [0.15, 0.2) is 0 Å². The van der Waals surface area contributed by atoms with E-state index in [0.717, 1.165) is 44.2 Å². The fraction of sp³-hybridized carbons (Fsp3) is 0.692. The van der Waals surface area contributed by atoms with Crippen LogP contribution in [0.4, 0.5) is 5.82 Å². The minimum atomic E-state index is -0.401. The van der Waals surface area contributed by atoms with Crippen LogP contribution in [0.3, 0.4) is 0 Å². The molecule has 0 saturated heterocycles. The normalized spacial score (nSPS) is 23.8. The minimum absolute atomic E-state index is 0.0727. The van der Waals surface area contributed by atoms with Gasteiger partial charge in [-0.2, -0.15) is 10.4 Å². The van der Waals surface area contributed by atoms with Crippen molar-refractivity contribution in [3.63, 3.8) is 0 Å². The zero-order valence-corrected chi connectivity index (χ0v) is 10.8. The van der Waals surface area contributed by atoms with Gasteiger partial charge >= 0.3 is 0 Å². The number of nitrogens with zero attached hydrogens (tertiary/aromatic N) is 3. The van der Waals surface area contributed by atoms with Gasteiger partial charge in [-0.1, -0.05) is 26.2 Å². The number of rotatable bonds is 3. The van der Waals surface area contributed by atoms with E-state index in [4.69, 9.17) is 11.0 Å². The maximum Gasteiger partial charge on any atom is 0.140 e. The fourth-order valence-corrected chi connectivity index (χ4v) is 2.66. The van der Waals surface area contributed by atoms with Crippen molar-refractivity contribution in [3.05, 3.63) is 11.3 Å². The summed E-state index contributed by atoms with van der Waals surface area (Å²) in [5.41, 5.74) is 7.25. The van der Waals surface area contributed by atoms with Crippen LogP contribution in [0, 0.1) is 11.3 Å². The molecule has 2 rings (SSSR count). The van der Waals surface area contributed by atoms with Gasteiger partial charge in [-0.3, -0.25) is 0 Å². The van der Waals surface area contributed by atoms with E-state index in [9.17, 15) is 5.11 Å². The minimum Gasteiger partial charge on any atom is -0.391 e. The second-order valence-corrected chi connectivity index (χ2v) is 4.93. The number of aliphatic hydroxyl groups is 1. The summed E-state index contributed by atoms with van der Waals surface area (Å²) in [4.78, 5) is 0. The van der Waals surface area contributed by atoms with E-state index in [1.165, 1.54) is 0 Å². The summed E-state index contributed by atoms with van der Waals surface area (Å²) in [6, 6.07) is 2.06. The Kier molecular flexibility index (Phi) is 3.87. The third-order valence-electron chi connectivity index (χ3n) is 3.63. The molecule has 18 heavy (non-hydrogen) atoms. The monoisotopic (exact) mass is 248 g/mol. The summed E-state index contributed by atoms with van der Waals surface area (Å²) in [5.74, 6) is 0.409. The summed E-state index contributed by atoms with van der Waals surface area (Å²) < 4.78 is 1.67. The molecule has 1 fully saturated rings. The van der Waals surface area contributed by atoms with Gasteiger partial charge in [-0.25, -0.2) is 4.68 Å². The number of aryl methyl sites for hydroxylation is 1. The Hall–Kier alpha value is -1.54. The van der Waals surface area contributed by atoms with Gasteiger partial charge in [0, 0.05) is 0 Å². The van der Waals surface area contributed by atoms with Gasteiger partial charge in [-0.05, 0) is 19.3 Å². The van der Waals surface area contributed by atoms with E-state index in [1.807, 2.05) is 6.92 Å². The molecule has 0 radical (unpaired) electrons. The highest BCUT2D eigenvalue weighted by Gasteiger charge is 2.28. The molecule has 0 spiro atoms. The first-order valence-electron chi connectivity index (χ1n) is 6.64. The maximum atomic E-state index is 10.1. The highest BCUT2D eigenvalue weighted by Crippen LogP contribution is 2.32. The number of nitrogens with two attached hydrogens (primary N) is 1. The molecule has 1 aliphatic rings. The Morgan fingerprint density at radius 2 is 2.22 bits per heavy atom. The number of hydrogen-bond acceptors (Lipinski definition) is 4. The maximum absolute atomic E-state index is 10.1. The van der Waals surface area contributed by atoms with E-state index in [2.05, 4.69) is 11.2 Å². The Bertz CT molecular complexity index is 460. The molecule has 1 heterocycles. The van der Waals surface area contributed by atoms with Crippen molar-refractivity contribution in [2.24, 2.45) is 0 Å². The second kappa shape index (κ2) is 5.40. The molecular weight excluding hydrogens is 228 g/mol. The zero-order valence-electron chi connectivity index (χ0n) is 10.8. The van der Waals surface area contributed by atoms with Crippen LogP contribution in [-0.2, 0) is 6.42 Å². The molecule has 2 atom stereocenters. The smallest absolute Gasteiger partial charge is 0.140 e. The van der Waals surface area contributed by atoms with Crippen LogP contribution < -0.4 is 5.73 Å². The predicted octanol–water partition coefficient (Wildman–Crippen LogP) is 1.77. The van der Waals surface area contributed by atoms with Crippen LogP contribution >= 0.6 is 0 Å². The molecule has 0 bridgehead atoms. The van der Waals surface area contributed by atoms with Crippen LogP contribution in [0.15, 0.2) is 0 Å². The van der Waals surface area contributed by atoms with Gasteiger partial charge in [0.25, 0.3) is 0 Å². The first-order chi connectivity index (χ1) is 8.69. The van der Waals surface area contributed by atoms with Crippen LogP contribution in [0.25, 0.3) is 0 Å². The Labute approximate surface area is 107 Å². The van der Waals surface area contributed by atoms with Gasteiger partial charge in [0.1, 0.15) is 17.5 Å². The largest absolute Gasteiger partial charge is 0.391 e. The summed E-state index contributed by atoms with van der Waals surface area (Å²) in [6.45, 7) is 2.05. The molecule has 98 valence electrons. The Balaban J connectivity index is 2.35. The molecule has 1 saturated carbocycles. The SMILES string of the molecule is CCCc1nn(C2CCCCC2O)c(N)c1C#N. The van der Waals surface area contributed by atoms with Crippen molar-refractivity contribution >= 4 is 5.82 Å². The highest BCUT2D eigenvalue weighted by atomic mass is 16.3. The van der Waals surface area contributed by atoms with Crippen LogP contribution in [0.1, 0.15) is 56.3 Å². The van der Waals surface area contributed by atoms with E-state index in [1.54, 1.807) is 4.68 Å². The third kappa shape index (κ3) is 2.21. The Morgan fingerprint density at radius 1 is 1.50 bits per heavy atom. The Morgan fingerprint density at radius 3 is 2.83 bits per heavy atom. The number of aromatic nitrogens is 2. The molecule has 1 aliphatic carbocycles. The molecule has 0 aromatic carbocycles. The van der Waals surface area contributed by atoms with Crippen molar-refractivity contribution in [1.29, 1.82) is 5.26 Å². The van der Waals surface area contributed by atoms with Crippen LogP contribution in [-0.4, -0.2) is 21.0 Å². The average Bonchev–Trinajstić information content (AvgIpc) is 2.67. The lowest BCUT2D eigenvalue weighted by Gasteiger charge is -2.28. The lowest BCUT2D eigenvalue weighted by molar-refractivity contribution is 0.0704. The molecule has 3 N–H and O–H groups in total. The summed E-state index contributed by atoms with van der Waals surface area (Å²) in [7, 11) is 0. The quantitative estimate of drug-likeness (QED) is 0.853. The number of nitrogen functional groups attached to an aromatic ring is 1. The number of nitriles is 1. The van der Waals surface area contributed by atoms with Crippen molar-refractivity contribution < 1.29 is 5.11 Å². The molecule has 2 unspecified atom stereocenters. The molecule has 0 aliphatic heterocycles. The summed E-state index contributed by atoms with van der Waals surface area (Å²) in [5, 5.41) is 23.7. The summed E-state index contributed by atoms with van der Waals surface area (Å²) in [6.07, 6.45) is 5.07. The van der Waals surface area contributed by atoms with Gasteiger partial charge in [0.2, 0.25) is 0 Å². The van der Waals surface area contributed by atoms with Gasteiger partial charge in [0.05, 0.1) is 17.8 Å². The lowest BCUT2D eigenvalue weighted by Crippen LogP contribution is -2.29. The zero-order chi connectivity index (χ0) is 13.1. The second-order valence-electron chi connectivity index (χ2n) is 4.93. The predicted molar refractivity (Wildman–Crippen MR) is 68.9 cm³/mol. The summed E-state index contributed by atoms with van der Waals surface area (Å²) >= 11 is 0. The van der Waals surface area contributed by atoms with Crippen molar-refractivity contribution in [2.75, 3.05) is 5.73 Å². The highest BCUT2D eigenvalue weighted by molar-refractivity contribution is 5.52. The van der Waals surface area contributed by atoms with Crippen LogP contribution in [0.5, 0.6) is 0 Å². The van der Waals surface area contributed by atoms with Crippen molar-refractivity contribution in [3.8, 4) is 6.07 Å². The first kappa shape index (κ1) is 12.9. The van der Waals surface area contributed by atoms with E-state index in [0.29, 0.717) is 11.4 Å². The number of hydrogen-bond donors (Lipinski definition) is 2. The standard InChI is InChI=1S/C13H20N4O/c1-2-5-10-9(8-14)13(15)17(16-10)11-6-3-4-7-12(11)18/h11-12,18H,2-7,15H2,1H3. The molecule has 5 nitrogen and oxygen atoms in total. The molecule has 1 aromatic heterocycles. The van der Waals surface area contributed by atoms with E-state index in [-0.39, 0.29) is 6.04 Å². The molecule has 0 amide bonds. The van der Waals surface area contributed by atoms with E-state index < -0.39 is 6.10 Å². The number of anilines is 1. The first-order valence-corrected chi connectivity index (χ1v) is 6.64. The number of aliphatic hydroxyl groups excluding tert-OH is 1. The molecular formula is C13H20N4O. The van der Waals surface area contributed by atoms with Crippen LogP contribution in [0.2, 0.25) is 0 Å². The molecule has 1 aromatic rings. The lowest BCUT2D eigenvalue weighted by atomic mass is 9.93. The van der Waals surface area contributed by atoms with Crippen molar-refractivity contribution in [1.82, 2.24) is 9.78 Å². The average molecular weight is 248 g/mol. The third-order valence-corrected chi connectivity index (χ3v) is 3.63. The fourth-order valence-electron chi connectivity index (χ4n) is 2.66. The van der Waals surface area contributed by atoms with E-state index >= 15 is 0 Å². The van der Waals surface area contributed by atoms with Gasteiger partial charge in [-0.15, -0.1) is 0 Å².